The Bertz CT molecular complexity index is 972. The van der Waals surface area contributed by atoms with E-state index in [0.717, 1.165) is 33.0 Å². The summed E-state index contributed by atoms with van der Waals surface area (Å²) < 4.78 is 1.02. The minimum absolute atomic E-state index is 0.00155. The molecule has 140 valence electrons. The molecule has 0 unspecified atom stereocenters. The highest BCUT2D eigenvalue weighted by molar-refractivity contribution is 8.14. The lowest BCUT2D eigenvalue weighted by Gasteiger charge is -2.13. The van der Waals surface area contributed by atoms with Crippen molar-refractivity contribution in [2.45, 2.75) is 6.92 Å². The summed E-state index contributed by atoms with van der Waals surface area (Å²) in [6.07, 6.45) is 0. The molecule has 1 aromatic carbocycles. The smallest absolute Gasteiger partial charge is 0.288 e. The highest BCUT2D eigenvalue weighted by Gasteiger charge is 2.29. The van der Waals surface area contributed by atoms with Crippen molar-refractivity contribution in [3.8, 4) is 11.4 Å². The number of carbonyl (C=O) groups is 3. The van der Waals surface area contributed by atoms with Gasteiger partial charge in [-0.2, -0.15) is 9.78 Å². The van der Waals surface area contributed by atoms with Crippen molar-refractivity contribution < 1.29 is 19.5 Å². The van der Waals surface area contributed by atoms with Gasteiger partial charge in [0, 0.05) is 19.2 Å². The first-order valence-electron chi connectivity index (χ1n) is 8.02. The highest BCUT2D eigenvalue weighted by Crippen LogP contribution is 2.18. The number of nitrogens with one attached hydrogen (secondary N) is 1. The second kappa shape index (κ2) is 7.62. The van der Waals surface area contributed by atoms with E-state index in [1.165, 1.54) is 0 Å². The molecule has 1 fully saturated rings. The van der Waals surface area contributed by atoms with Crippen LogP contribution in [0.5, 0.6) is 5.75 Å². The molecule has 0 atom stereocenters. The fourth-order valence-electron chi connectivity index (χ4n) is 2.52. The molecule has 0 radical (unpaired) electrons. The minimum Gasteiger partial charge on any atom is -0.505 e. The van der Waals surface area contributed by atoms with E-state index in [4.69, 9.17) is 0 Å². The first-order chi connectivity index (χ1) is 12.9. The fourth-order valence-corrected chi connectivity index (χ4v) is 3.27. The number of aryl methyl sites for hydroxylation is 1. The maximum Gasteiger partial charge on any atom is 0.288 e. The molecule has 1 aromatic heterocycles. The molecule has 0 aliphatic carbocycles. The van der Waals surface area contributed by atoms with Crippen LogP contribution in [0.15, 0.2) is 35.1 Å². The van der Waals surface area contributed by atoms with Gasteiger partial charge in [-0.1, -0.05) is 23.9 Å². The van der Waals surface area contributed by atoms with E-state index in [1.807, 2.05) is 13.0 Å². The zero-order valence-electron chi connectivity index (χ0n) is 14.3. The van der Waals surface area contributed by atoms with E-state index < -0.39 is 17.2 Å². The zero-order chi connectivity index (χ0) is 19.6. The van der Waals surface area contributed by atoms with Crippen LogP contribution in [-0.2, 0) is 4.79 Å². The van der Waals surface area contributed by atoms with Gasteiger partial charge in [-0.25, -0.2) is 0 Å². The minimum atomic E-state index is -0.722. The lowest BCUT2D eigenvalue weighted by molar-refractivity contribution is -0.124. The summed E-state index contributed by atoms with van der Waals surface area (Å²) in [4.78, 5) is 48.5. The molecule has 1 aliphatic rings. The highest BCUT2D eigenvalue weighted by atomic mass is 32.2. The Labute approximate surface area is 158 Å². The summed E-state index contributed by atoms with van der Waals surface area (Å²) in [7, 11) is 0. The van der Waals surface area contributed by atoms with Crippen LogP contribution in [0.2, 0.25) is 0 Å². The first kappa shape index (κ1) is 18.6. The lowest BCUT2D eigenvalue weighted by Crippen LogP contribution is -2.38. The third-order valence-corrected chi connectivity index (χ3v) is 4.69. The summed E-state index contributed by atoms with van der Waals surface area (Å²) in [5, 5.41) is 16.0. The molecule has 9 nitrogen and oxygen atoms in total. The largest absolute Gasteiger partial charge is 0.505 e. The van der Waals surface area contributed by atoms with Crippen molar-refractivity contribution in [1.29, 1.82) is 0 Å². The summed E-state index contributed by atoms with van der Waals surface area (Å²) in [6, 6.07) is 7.88. The summed E-state index contributed by atoms with van der Waals surface area (Å²) in [5.74, 6) is -1.49. The van der Waals surface area contributed by atoms with Crippen LogP contribution in [0.1, 0.15) is 16.1 Å². The van der Waals surface area contributed by atoms with Crippen LogP contribution in [0, 0.1) is 6.92 Å². The molecule has 3 rings (SSSR count). The van der Waals surface area contributed by atoms with Gasteiger partial charge in [0.05, 0.1) is 11.4 Å². The van der Waals surface area contributed by atoms with Gasteiger partial charge in [0.2, 0.25) is 5.91 Å². The SMILES string of the molecule is Cc1cccc(-n2nc(C(=O)NCCN3C(=O)CSC3=O)c(O)cc2=O)c1. The summed E-state index contributed by atoms with van der Waals surface area (Å²) in [5.41, 5.74) is 0.446. The van der Waals surface area contributed by atoms with Gasteiger partial charge in [-0.3, -0.25) is 24.1 Å². The van der Waals surface area contributed by atoms with Crippen molar-refractivity contribution in [3.05, 3.63) is 51.9 Å². The predicted octanol–water partition coefficient (Wildman–Crippen LogP) is 0.672. The van der Waals surface area contributed by atoms with Crippen molar-refractivity contribution in [2.24, 2.45) is 0 Å². The van der Waals surface area contributed by atoms with Crippen molar-refractivity contribution >= 4 is 28.8 Å². The number of nitrogens with zero attached hydrogens (tertiary/aromatic N) is 3. The average molecular weight is 388 g/mol. The third-order valence-electron chi connectivity index (χ3n) is 3.83. The number of carbonyl (C=O) groups excluding carboxylic acids is 3. The molecule has 27 heavy (non-hydrogen) atoms. The van der Waals surface area contributed by atoms with Gasteiger partial charge in [0.25, 0.3) is 16.7 Å². The number of aromatic hydroxyl groups is 1. The van der Waals surface area contributed by atoms with Crippen LogP contribution in [-0.4, -0.2) is 55.7 Å². The Balaban J connectivity index is 1.76. The number of thioether (sulfide) groups is 1. The average Bonchev–Trinajstić information content (AvgIpc) is 2.93. The number of aromatic nitrogens is 2. The zero-order valence-corrected chi connectivity index (χ0v) is 15.2. The summed E-state index contributed by atoms with van der Waals surface area (Å²) >= 11 is 0.908. The quantitative estimate of drug-likeness (QED) is 0.772. The predicted molar refractivity (Wildman–Crippen MR) is 98.1 cm³/mol. The lowest BCUT2D eigenvalue weighted by atomic mass is 10.2. The van der Waals surface area contributed by atoms with E-state index in [-0.39, 0.29) is 35.7 Å². The molecular weight excluding hydrogens is 372 g/mol. The Morgan fingerprint density at radius 1 is 1.30 bits per heavy atom. The standard InChI is InChI=1S/C17H16N4O5S/c1-10-3-2-4-11(7-10)21-13(23)8-12(22)15(19-21)16(25)18-5-6-20-14(24)9-27-17(20)26/h2-4,7-8,22H,5-6,9H2,1H3,(H,18,25). The second-order valence-corrected chi connectivity index (χ2v) is 6.75. The Morgan fingerprint density at radius 3 is 2.74 bits per heavy atom. The molecular formula is C17H16N4O5S. The summed E-state index contributed by atoms with van der Waals surface area (Å²) in [6.45, 7) is 1.87. The molecule has 2 N–H and O–H groups in total. The molecule has 3 amide bonds. The number of hydrogen-bond acceptors (Lipinski definition) is 7. The molecule has 0 saturated carbocycles. The van der Waals surface area contributed by atoms with Crippen LogP contribution in [0.4, 0.5) is 4.79 Å². The molecule has 0 spiro atoms. The normalized spacial score (nSPS) is 13.9. The Hall–Kier alpha value is -3.14. The van der Waals surface area contributed by atoms with E-state index >= 15 is 0 Å². The maximum absolute atomic E-state index is 12.3. The molecule has 1 aliphatic heterocycles. The third kappa shape index (κ3) is 4.00. The van der Waals surface area contributed by atoms with Gasteiger partial charge < -0.3 is 10.4 Å². The van der Waals surface area contributed by atoms with Gasteiger partial charge in [0.1, 0.15) is 0 Å². The van der Waals surface area contributed by atoms with Gasteiger partial charge in [-0.05, 0) is 24.6 Å². The second-order valence-electron chi connectivity index (χ2n) is 5.82. The Morgan fingerprint density at radius 2 is 2.07 bits per heavy atom. The van der Waals surface area contributed by atoms with Crippen LogP contribution in [0.3, 0.4) is 0 Å². The first-order valence-corrected chi connectivity index (χ1v) is 9.01. The molecule has 10 heteroatoms. The van der Waals surface area contributed by atoms with Crippen LogP contribution in [0.25, 0.3) is 5.69 Å². The molecule has 0 bridgehead atoms. The monoisotopic (exact) mass is 388 g/mol. The molecule has 2 heterocycles. The molecule has 2 aromatic rings. The van der Waals surface area contributed by atoms with Crippen molar-refractivity contribution in [3.63, 3.8) is 0 Å². The topological polar surface area (TPSA) is 122 Å². The van der Waals surface area contributed by atoms with Crippen molar-refractivity contribution in [1.82, 2.24) is 20.0 Å². The van der Waals surface area contributed by atoms with E-state index in [0.29, 0.717) is 5.69 Å². The van der Waals surface area contributed by atoms with Crippen molar-refractivity contribution in [2.75, 3.05) is 18.8 Å². The van der Waals surface area contributed by atoms with Gasteiger partial charge in [0.15, 0.2) is 11.4 Å². The fraction of sp³-hybridized carbons (Fsp3) is 0.235. The maximum atomic E-state index is 12.3. The molecule has 1 saturated heterocycles. The van der Waals surface area contributed by atoms with E-state index in [9.17, 15) is 24.3 Å². The van der Waals surface area contributed by atoms with Gasteiger partial charge >= 0.3 is 0 Å². The van der Waals surface area contributed by atoms with Gasteiger partial charge in [-0.15, -0.1) is 0 Å². The van der Waals surface area contributed by atoms with Crippen LogP contribution < -0.4 is 10.9 Å². The van der Waals surface area contributed by atoms with Crippen LogP contribution >= 0.6 is 11.8 Å². The number of amides is 3. The van der Waals surface area contributed by atoms with E-state index in [2.05, 4.69) is 10.4 Å². The number of benzene rings is 1. The number of imide groups is 1. The van der Waals surface area contributed by atoms with E-state index in [1.54, 1.807) is 18.2 Å². The number of rotatable bonds is 5. The number of hydrogen-bond donors (Lipinski definition) is 2. The Kier molecular flexibility index (Phi) is 5.26.